The lowest BCUT2D eigenvalue weighted by Gasteiger charge is -2.08. The highest BCUT2D eigenvalue weighted by Crippen LogP contribution is 2.39. The maximum absolute atomic E-state index is 12.5. The number of benzene rings is 1. The van der Waals surface area contributed by atoms with E-state index in [-0.39, 0.29) is 22.8 Å². The van der Waals surface area contributed by atoms with Crippen LogP contribution in [0.5, 0.6) is 5.75 Å². The molecule has 2 heterocycles. The van der Waals surface area contributed by atoms with Crippen LogP contribution in [0.25, 0.3) is 11.0 Å². The zero-order chi connectivity index (χ0) is 25.8. The summed E-state index contributed by atoms with van der Waals surface area (Å²) in [6.07, 6.45) is 11.2. The van der Waals surface area contributed by atoms with Crippen molar-refractivity contribution in [3.05, 3.63) is 39.7 Å². The van der Waals surface area contributed by atoms with Gasteiger partial charge in [0, 0.05) is 30.5 Å². The Morgan fingerprint density at radius 2 is 1.75 bits per heavy atom. The number of unbranched alkanes of at least 4 members (excludes halogenated alkanes) is 6. The number of hydrogen-bond acceptors (Lipinski definition) is 7. The van der Waals surface area contributed by atoms with Crippen molar-refractivity contribution in [2.45, 2.75) is 82.8 Å². The van der Waals surface area contributed by atoms with Crippen molar-refractivity contribution in [2.75, 3.05) is 18.8 Å². The summed E-state index contributed by atoms with van der Waals surface area (Å²) in [7, 11) is 3.97. The second-order valence-electron chi connectivity index (χ2n) is 9.41. The van der Waals surface area contributed by atoms with Gasteiger partial charge in [-0.25, -0.2) is 4.79 Å². The van der Waals surface area contributed by atoms with Gasteiger partial charge in [-0.15, -0.1) is 0 Å². The summed E-state index contributed by atoms with van der Waals surface area (Å²) in [6, 6.07) is 5.07. The maximum atomic E-state index is 12.5. The number of carbonyl (C=O) groups excluding carboxylic acids is 2. The van der Waals surface area contributed by atoms with Crippen LogP contribution in [0.1, 0.15) is 86.6 Å². The molecule has 7 nitrogen and oxygen atoms in total. The van der Waals surface area contributed by atoms with Crippen LogP contribution in [-0.4, -0.2) is 41.0 Å². The Balaban J connectivity index is 1.20. The topological polar surface area (TPSA) is 109 Å². The third-order valence-electron chi connectivity index (χ3n) is 6.38. The van der Waals surface area contributed by atoms with Gasteiger partial charge in [0.2, 0.25) is 5.91 Å². The van der Waals surface area contributed by atoms with E-state index < -0.39 is 11.5 Å². The van der Waals surface area contributed by atoms with Gasteiger partial charge in [-0.1, -0.05) is 65.3 Å². The van der Waals surface area contributed by atoms with Gasteiger partial charge in [-0.2, -0.15) is 0 Å². The highest BCUT2D eigenvalue weighted by atomic mass is 33.1. The molecule has 3 N–H and O–H groups in total. The molecule has 0 saturated carbocycles. The molecule has 198 valence electrons. The van der Waals surface area contributed by atoms with Gasteiger partial charge in [0.1, 0.15) is 11.3 Å². The Morgan fingerprint density at radius 3 is 2.47 bits per heavy atom. The molecule has 1 atom stereocenters. The molecular weight excluding hydrogens is 496 g/mol. The Morgan fingerprint density at radius 1 is 1.03 bits per heavy atom. The monoisotopic (exact) mass is 534 g/mol. The zero-order valence-corrected chi connectivity index (χ0v) is 22.7. The summed E-state index contributed by atoms with van der Waals surface area (Å²) in [4.78, 5) is 36.6. The first-order valence-electron chi connectivity index (χ1n) is 13.1. The van der Waals surface area contributed by atoms with Gasteiger partial charge >= 0.3 is 5.63 Å². The molecular formula is C27H38N2O5S2. The lowest BCUT2D eigenvalue weighted by Crippen LogP contribution is -2.29. The molecule has 0 bridgehead atoms. The van der Waals surface area contributed by atoms with Crippen molar-refractivity contribution in [1.29, 1.82) is 0 Å². The first-order chi connectivity index (χ1) is 17.5. The molecule has 36 heavy (non-hydrogen) atoms. The average Bonchev–Trinajstić information content (AvgIpc) is 3.37. The normalized spacial score (nSPS) is 15.3. The number of fused-ring (bicyclic) bond motifs is 1. The number of nitrogens with one attached hydrogen (secondary N) is 2. The Bertz CT molecular complexity index is 1070. The fourth-order valence-electron chi connectivity index (χ4n) is 4.29. The van der Waals surface area contributed by atoms with E-state index in [1.807, 2.05) is 28.5 Å². The van der Waals surface area contributed by atoms with Gasteiger partial charge < -0.3 is 20.2 Å². The van der Waals surface area contributed by atoms with Crippen LogP contribution in [0.3, 0.4) is 0 Å². The van der Waals surface area contributed by atoms with Crippen molar-refractivity contribution < 1.29 is 19.1 Å². The Kier molecular flexibility index (Phi) is 12.0. The van der Waals surface area contributed by atoms with Gasteiger partial charge in [0.25, 0.3) is 5.91 Å². The van der Waals surface area contributed by atoms with Gasteiger partial charge in [0.15, 0.2) is 5.56 Å². The summed E-state index contributed by atoms with van der Waals surface area (Å²) in [5.41, 5.74) is -0.0333. The van der Waals surface area contributed by atoms with Gasteiger partial charge in [-0.05, 0) is 51.2 Å². The Hall–Kier alpha value is -2.13. The van der Waals surface area contributed by atoms with E-state index >= 15 is 0 Å². The molecule has 1 aromatic heterocycles. The molecule has 0 spiro atoms. The second kappa shape index (κ2) is 15.2. The third-order valence-corrected chi connectivity index (χ3v) is 9.39. The highest BCUT2D eigenvalue weighted by molar-refractivity contribution is 8.77. The molecule has 9 heteroatoms. The van der Waals surface area contributed by atoms with Crippen molar-refractivity contribution >= 4 is 44.4 Å². The number of aromatic hydroxyl groups is 1. The SMILES string of the molecule is Cc1ccc2oc(=O)c(C(=O)NCCCCCCCCNC(=O)CCCCC3CCSS3)c(O)c2c1. The standard InChI is InChI=1S/C27H38N2O5S2/c1-19-12-13-22-21(18-19)25(31)24(27(33)34-22)26(32)29-16-9-5-3-2-4-8-15-28-23(30)11-7-6-10-20-14-17-35-36-20/h12-13,18,20,31H,2-11,14-17H2,1H3,(H,28,30)(H,29,32). The van der Waals surface area contributed by atoms with Crippen LogP contribution in [-0.2, 0) is 4.79 Å². The molecule has 1 aromatic carbocycles. The van der Waals surface area contributed by atoms with E-state index in [0.29, 0.717) is 18.4 Å². The summed E-state index contributed by atoms with van der Waals surface area (Å²) in [5, 5.41) is 17.3. The van der Waals surface area contributed by atoms with Crippen LogP contribution in [0.4, 0.5) is 0 Å². The minimum absolute atomic E-state index is 0.167. The first kappa shape index (κ1) is 28.4. The van der Waals surface area contributed by atoms with Gasteiger partial charge in [-0.3, -0.25) is 9.59 Å². The molecule has 2 amide bonds. The van der Waals surface area contributed by atoms with Crippen molar-refractivity contribution in [1.82, 2.24) is 10.6 Å². The van der Waals surface area contributed by atoms with Crippen molar-refractivity contribution in [3.8, 4) is 5.75 Å². The summed E-state index contributed by atoms with van der Waals surface area (Å²) in [6.45, 7) is 3.02. The smallest absolute Gasteiger partial charge is 0.353 e. The van der Waals surface area contributed by atoms with Crippen LogP contribution in [0, 0.1) is 6.92 Å². The van der Waals surface area contributed by atoms with E-state index in [0.717, 1.165) is 68.7 Å². The summed E-state index contributed by atoms with van der Waals surface area (Å²) >= 11 is 0. The van der Waals surface area contributed by atoms with Crippen LogP contribution >= 0.6 is 21.6 Å². The number of amides is 2. The van der Waals surface area contributed by atoms with E-state index in [2.05, 4.69) is 10.6 Å². The van der Waals surface area contributed by atoms with Crippen LogP contribution in [0.15, 0.2) is 27.4 Å². The van der Waals surface area contributed by atoms with Crippen molar-refractivity contribution in [3.63, 3.8) is 0 Å². The second-order valence-corrected chi connectivity index (χ2v) is 12.2. The third kappa shape index (κ3) is 9.07. The predicted molar refractivity (Wildman–Crippen MR) is 149 cm³/mol. The maximum Gasteiger partial charge on any atom is 0.353 e. The highest BCUT2D eigenvalue weighted by Gasteiger charge is 2.20. The average molecular weight is 535 g/mol. The molecule has 2 aromatic rings. The molecule has 0 radical (unpaired) electrons. The van der Waals surface area contributed by atoms with Crippen molar-refractivity contribution in [2.24, 2.45) is 0 Å². The molecule has 3 rings (SSSR count). The summed E-state index contributed by atoms with van der Waals surface area (Å²) < 4.78 is 5.20. The number of rotatable bonds is 15. The van der Waals surface area contributed by atoms with E-state index in [1.54, 1.807) is 18.2 Å². The minimum Gasteiger partial charge on any atom is -0.506 e. The molecule has 1 aliphatic heterocycles. The molecule has 1 saturated heterocycles. The number of carbonyl (C=O) groups is 2. The zero-order valence-electron chi connectivity index (χ0n) is 21.1. The molecule has 1 unspecified atom stereocenters. The number of hydrogen-bond donors (Lipinski definition) is 3. The van der Waals surface area contributed by atoms with E-state index in [4.69, 9.17) is 4.42 Å². The fraction of sp³-hybridized carbons (Fsp3) is 0.593. The molecule has 0 aliphatic carbocycles. The van der Waals surface area contributed by atoms with Crippen LogP contribution in [0.2, 0.25) is 0 Å². The Labute approximate surface area is 221 Å². The lowest BCUT2D eigenvalue weighted by molar-refractivity contribution is -0.121. The largest absolute Gasteiger partial charge is 0.506 e. The lowest BCUT2D eigenvalue weighted by atomic mass is 10.1. The minimum atomic E-state index is -0.837. The first-order valence-corrected chi connectivity index (χ1v) is 15.4. The summed E-state index contributed by atoms with van der Waals surface area (Å²) in [5.74, 6) is 0.485. The number of aryl methyl sites for hydroxylation is 1. The fourth-order valence-corrected chi connectivity index (χ4v) is 7.31. The molecule has 1 fully saturated rings. The van der Waals surface area contributed by atoms with Crippen LogP contribution < -0.4 is 16.3 Å². The molecule has 1 aliphatic rings. The van der Waals surface area contributed by atoms with Gasteiger partial charge in [0.05, 0.1) is 5.39 Å². The quantitative estimate of drug-likeness (QED) is 0.153. The van der Waals surface area contributed by atoms with E-state index in [1.165, 1.54) is 18.6 Å². The predicted octanol–water partition coefficient (Wildman–Crippen LogP) is 5.71. The van der Waals surface area contributed by atoms with E-state index in [9.17, 15) is 19.5 Å².